The van der Waals surface area contributed by atoms with Crippen LogP contribution in [0.4, 0.5) is 4.39 Å². The molecule has 1 aromatic heterocycles. The molecule has 1 atom stereocenters. The van der Waals surface area contributed by atoms with Crippen LogP contribution in [-0.4, -0.2) is 33.5 Å². The number of fused-ring (bicyclic) bond motifs is 1. The maximum atomic E-state index is 13.9. The highest BCUT2D eigenvalue weighted by Crippen LogP contribution is 2.25. The summed E-state index contributed by atoms with van der Waals surface area (Å²) in [6, 6.07) is 17.0. The SMILES string of the molecule is CCN(C(=O)COc1ccc(Cl)cc1)C(C)c1nc2ccccc2c(=O)n1-c1ccc(F)c(Cl)c1. The van der Waals surface area contributed by atoms with E-state index in [0.717, 1.165) is 0 Å². The number of likely N-dealkylation sites (N-methyl/N-ethyl adjacent to an activating group) is 1. The Labute approximate surface area is 211 Å². The third kappa shape index (κ3) is 5.16. The Balaban J connectivity index is 1.74. The summed E-state index contributed by atoms with van der Waals surface area (Å²) in [6.45, 7) is 3.74. The summed E-state index contributed by atoms with van der Waals surface area (Å²) >= 11 is 11.9. The van der Waals surface area contributed by atoms with Gasteiger partial charge >= 0.3 is 0 Å². The Kier molecular flexibility index (Phi) is 7.38. The van der Waals surface area contributed by atoms with E-state index in [1.54, 1.807) is 60.4 Å². The van der Waals surface area contributed by atoms with Crippen LogP contribution in [-0.2, 0) is 4.79 Å². The highest BCUT2D eigenvalue weighted by molar-refractivity contribution is 6.31. The van der Waals surface area contributed by atoms with Crippen molar-refractivity contribution in [3.63, 3.8) is 0 Å². The van der Waals surface area contributed by atoms with Crippen LogP contribution >= 0.6 is 23.2 Å². The number of carbonyl (C=O) groups excluding carboxylic acids is 1. The number of ether oxygens (including phenoxy) is 1. The predicted octanol–water partition coefficient (Wildman–Crippen LogP) is 5.82. The van der Waals surface area contributed by atoms with E-state index in [9.17, 15) is 14.0 Å². The molecule has 1 unspecified atom stereocenters. The Morgan fingerprint density at radius 2 is 1.83 bits per heavy atom. The average molecular weight is 514 g/mol. The van der Waals surface area contributed by atoms with Gasteiger partial charge in [0.15, 0.2) is 6.61 Å². The largest absolute Gasteiger partial charge is 0.484 e. The first-order valence-corrected chi connectivity index (χ1v) is 11.7. The van der Waals surface area contributed by atoms with Gasteiger partial charge in [0.25, 0.3) is 11.5 Å². The lowest BCUT2D eigenvalue weighted by Crippen LogP contribution is -2.39. The molecule has 0 bridgehead atoms. The molecule has 0 radical (unpaired) electrons. The number of rotatable bonds is 7. The second kappa shape index (κ2) is 10.5. The number of aromatic nitrogens is 2. The van der Waals surface area contributed by atoms with Crippen molar-refractivity contribution in [3.8, 4) is 11.4 Å². The number of para-hydroxylation sites is 1. The summed E-state index contributed by atoms with van der Waals surface area (Å²) in [6.07, 6.45) is 0. The average Bonchev–Trinajstić information content (AvgIpc) is 2.86. The number of amides is 1. The van der Waals surface area contributed by atoms with E-state index in [-0.39, 0.29) is 23.1 Å². The molecular weight excluding hydrogens is 492 g/mol. The molecule has 0 fully saturated rings. The molecule has 4 aromatic rings. The van der Waals surface area contributed by atoms with Gasteiger partial charge in [-0.05, 0) is 68.4 Å². The quantitative estimate of drug-likeness (QED) is 0.312. The van der Waals surface area contributed by atoms with Gasteiger partial charge in [-0.2, -0.15) is 0 Å². The summed E-state index contributed by atoms with van der Waals surface area (Å²) in [5.74, 6) is -0.0659. The third-order valence-electron chi connectivity index (χ3n) is 5.64. The molecule has 35 heavy (non-hydrogen) atoms. The molecule has 4 rings (SSSR count). The molecule has 3 aromatic carbocycles. The van der Waals surface area contributed by atoms with E-state index in [4.69, 9.17) is 32.9 Å². The smallest absolute Gasteiger partial charge is 0.266 e. The van der Waals surface area contributed by atoms with Crippen LogP contribution in [0.5, 0.6) is 5.75 Å². The van der Waals surface area contributed by atoms with Gasteiger partial charge in [0.1, 0.15) is 17.4 Å². The van der Waals surface area contributed by atoms with E-state index in [0.29, 0.717) is 39.7 Å². The molecular formula is C26H22Cl2FN3O3. The molecule has 0 saturated carbocycles. The van der Waals surface area contributed by atoms with Gasteiger partial charge in [-0.1, -0.05) is 35.3 Å². The summed E-state index contributed by atoms with van der Waals surface area (Å²) in [5, 5.41) is 0.832. The molecule has 0 spiro atoms. The second-order valence-corrected chi connectivity index (χ2v) is 8.67. The van der Waals surface area contributed by atoms with E-state index < -0.39 is 11.9 Å². The fourth-order valence-corrected chi connectivity index (χ4v) is 4.17. The van der Waals surface area contributed by atoms with Crippen molar-refractivity contribution < 1.29 is 13.9 Å². The molecule has 1 heterocycles. The van der Waals surface area contributed by atoms with Crippen molar-refractivity contribution in [2.45, 2.75) is 19.9 Å². The van der Waals surface area contributed by atoms with E-state index in [1.165, 1.54) is 22.8 Å². The zero-order chi connectivity index (χ0) is 25.1. The lowest BCUT2D eigenvalue weighted by Gasteiger charge is -2.29. The van der Waals surface area contributed by atoms with E-state index >= 15 is 0 Å². The molecule has 1 amide bonds. The standard InChI is InChI=1S/C26H22Cl2FN3O3/c1-3-31(24(33)15-35-19-11-8-17(27)9-12-19)16(2)25-30-23-7-5-4-6-20(23)26(34)32(25)18-10-13-22(29)21(28)14-18/h4-14,16H,3,15H2,1-2H3. The molecule has 0 aliphatic carbocycles. The lowest BCUT2D eigenvalue weighted by molar-refractivity contribution is -0.135. The van der Waals surface area contributed by atoms with Crippen molar-refractivity contribution in [2.24, 2.45) is 0 Å². The highest BCUT2D eigenvalue weighted by Gasteiger charge is 2.26. The summed E-state index contributed by atoms with van der Waals surface area (Å²) in [5.41, 5.74) is 0.494. The number of nitrogens with zero attached hydrogens (tertiary/aromatic N) is 3. The normalized spacial score (nSPS) is 11.9. The Bertz CT molecular complexity index is 1440. The van der Waals surface area contributed by atoms with Gasteiger partial charge in [0.2, 0.25) is 0 Å². The third-order valence-corrected chi connectivity index (χ3v) is 6.18. The van der Waals surface area contributed by atoms with Crippen molar-refractivity contribution in [2.75, 3.05) is 13.2 Å². The molecule has 0 N–H and O–H groups in total. The topological polar surface area (TPSA) is 64.4 Å². The maximum absolute atomic E-state index is 13.9. The Morgan fingerprint density at radius 1 is 1.11 bits per heavy atom. The van der Waals surface area contributed by atoms with Crippen LogP contribution in [0.15, 0.2) is 71.5 Å². The Hall–Kier alpha value is -3.42. The zero-order valence-corrected chi connectivity index (χ0v) is 20.6. The van der Waals surface area contributed by atoms with E-state index in [1.807, 2.05) is 6.92 Å². The predicted molar refractivity (Wildman–Crippen MR) is 135 cm³/mol. The first-order valence-electron chi connectivity index (χ1n) is 10.9. The minimum Gasteiger partial charge on any atom is -0.484 e. The maximum Gasteiger partial charge on any atom is 0.266 e. The van der Waals surface area contributed by atoms with Gasteiger partial charge in [-0.15, -0.1) is 0 Å². The Morgan fingerprint density at radius 3 is 2.51 bits per heavy atom. The van der Waals surface area contributed by atoms with Gasteiger partial charge in [-0.3, -0.25) is 14.2 Å². The first-order chi connectivity index (χ1) is 16.8. The first kappa shape index (κ1) is 24.7. The number of carbonyl (C=O) groups is 1. The monoisotopic (exact) mass is 513 g/mol. The minimum absolute atomic E-state index is 0.124. The van der Waals surface area contributed by atoms with Gasteiger partial charge in [-0.25, -0.2) is 9.37 Å². The van der Waals surface area contributed by atoms with Gasteiger partial charge in [0, 0.05) is 11.6 Å². The molecule has 0 aliphatic heterocycles. The van der Waals surface area contributed by atoms with Crippen LogP contribution in [0, 0.1) is 5.82 Å². The molecule has 0 aliphatic rings. The van der Waals surface area contributed by atoms with Crippen molar-refractivity contribution in [1.82, 2.24) is 14.5 Å². The van der Waals surface area contributed by atoms with Crippen LogP contribution in [0.3, 0.4) is 0 Å². The van der Waals surface area contributed by atoms with Crippen molar-refractivity contribution in [3.05, 3.63) is 98.8 Å². The second-order valence-electron chi connectivity index (χ2n) is 7.82. The van der Waals surface area contributed by atoms with Crippen LogP contribution < -0.4 is 10.3 Å². The number of hydrogen-bond donors (Lipinski definition) is 0. The fraction of sp³-hybridized carbons (Fsp3) is 0.192. The summed E-state index contributed by atoms with van der Waals surface area (Å²) in [4.78, 5) is 32.9. The van der Waals surface area contributed by atoms with Gasteiger partial charge in [0.05, 0.1) is 27.7 Å². The minimum atomic E-state index is -0.609. The summed E-state index contributed by atoms with van der Waals surface area (Å²) in [7, 11) is 0. The number of benzene rings is 3. The molecule has 9 heteroatoms. The van der Waals surface area contributed by atoms with Crippen molar-refractivity contribution in [1.29, 1.82) is 0 Å². The van der Waals surface area contributed by atoms with Crippen LogP contribution in [0.25, 0.3) is 16.6 Å². The van der Waals surface area contributed by atoms with Gasteiger partial charge < -0.3 is 9.64 Å². The van der Waals surface area contributed by atoms with Crippen LogP contribution in [0.2, 0.25) is 10.0 Å². The number of halogens is 3. The zero-order valence-electron chi connectivity index (χ0n) is 19.0. The fourth-order valence-electron chi connectivity index (χ4n) is 3.87. The molecule has 180 valence electrons. The summed E-state index contributed by atoms with van der Waals surface area (Å²) < 4.78 is 20.9. The van der Waals surface area contributed by atoms with E-state index in [2.05, 4.69) is 0 Å². The number of hydrogen-bond acceptors (Lipinski definition) is 4. The van der Waals surface area contributed by atoms with Crippen LogP contribution in [0.1, 0.15) is 25.7 Å². The highest BCUT2D eigenvalue weighted by atomic mass is 35.5. The molecule has 0 saturated heterocycles. The van der Waals surface area contributed by atoms with Crippen molar-refractivity contribution >= 4 is 40.0 Å². The lowest BCUT2D eigenvalue weighted by atomic mass is 10.1. The molecule has 6 nitrogen and oxygen atoms in total.